The zero-order chi connectivity index (χ0) is 16.7. The van der Waals surface area contributed by atoms with Gasteiger partial charge in [-0.1, -0.05) is 19.3 Å². The summed E-state index contributed by atoms with van der Waals surface area (Å²) in [6.07, 6.45) is 12.7. The number of hydrogen-bond donors (Lipinski definition) is 2. The van der Waals surface area contributed by atoms with E-state index < -0.39 is 0 Å². The van der Waals surface area contributed by atoms with Crippen LogP contribution in [0, 0.1) is 0 Å². The van der Waals surface area contributed by atoms with Crippen LogP contribution >= 0.6 is 0 Å². The van der Waals surface area contributed by atoms with Crippen molar-refractivity contribution in [1.29, 1.82) is 0 Å². The molecule has 0 amide bonds. The Morgan fingerprint density at radius 3 is 2.96 bits per heavy atom. The van der Waals surface area contributed by atoms with E-state index in [1.165, 1.54) is 50.6 Å². The van der Waals surface area contributed by atoms with Crippen LogP contribution in [0.25, 0.3) is 11.0 Å². The summed E-state index contributed by atoms with van der Waals surface area (Å²) in [6.45, 7) is 3.00. The lowest BCUT2D eigenvalue weighted by Crippen LogP contribution is -2.42. The van der Waals surface area contributed by atoms with Crippen molar-refractivity contribution in [2.75, 3.05) is 25.0 Å². The summed E-state index contributed by atoms with van der Waals surface area (Å²) in [6, 6.07) is 2.62. The number of aromatic nitrogens is 3. The molecule has 2 fully saturated rings. The van der Waals surface area contributed by atoms with Crippen molar-refractivity contribution < 1.29 is 0 Å². The molecule has 1 spiro atoms. The molecule has 0 unspecified atom stereocenters. The minimum atomic E-state index is 0.127. The first-order chi connectivity index (χ1) is 12.3. The number of hydrogen-bond acceptors (Lipinski definition) is 5. The van der Waals surface area contributed by atoms with E-state index >= 15 is 0 Å². The molecule has 25 heavy (non-hydrogen) atoms. The monoisotopic (exact) mass is 338 g/mol. The highest BCUT2D eigenvalue weighted by Gasteiger charge is 2.38. The van der Waals surface area contributed by atoms with Crippen LogP contribution in [0.2, 0.25) is 0 Å². The van der Waals surface area contributed by atoms with Gasteiger partial charge in [0, 0.05) is 30.4 Å². The summed E-state index contributed by atoms with van der Waals surface area (Å²) in [5, 5.41) is 8.10. The van der Waals surface area contributed by atoms with E-state index in [0.717, 1.165) is 36.6 Å². The minimum Gasteiger partial charge on any atom is -0.350 e. The van der Waals surface area contributed by atoms with Gasteiger partial charge in [0.15, 0.2) is 0 Å². The normalized spacial score (nSPS) is 25.2. The van der Waals surface area contributed by atoms with Gasteiger partial charge in [0.25, 0.3) is 0 Å². The molecule has 2 aromatic heterocycles. The second-order valence-corrected chi connectivity index (χ2v) is 7.82. The van der Waals surface area contributed by atoms with Crippen molar-refractivity contribution in [1.82, 2.24) is 19.9 Å². The molecular weight excluding hydrogens is 312 g/mol. The van der Waals surface area contributed by atoms with Crippen LogP contribution < -0.4 is 10.6 Å². The molecule has 0 bridgehead atoms. The maximum atomic E-state index is 4.94. The van der Waals surface area contributed by atoms with Crippen LogP contribution in [-0.2, 0) is 5.54 Å². The van der Waals surface area contributed by atoms with E-state index in [-0.39, 0.29) is 5.54 Å². The van der Waals surface area contributed by atoms with Gasteiger partial charge in [-0.15, -0.1) is 0 Å². The molecule has 2 N–H and O–H groups in total. The zero-order valence-corrected chi connectivity index (χ0v) is 14.7. The van der Waals surface area contributed by atoms with E-state index in [9.17, 15) is 0 Å². The van der Waals surface area contributed by atoms with Crippen LogP contribution in [0.3, 0.4) is 0 Å². The van der Waals surface area contributed by atoms with Crippen LogP contribution in [0.1, 0.15) is 50.6 Å². The van der Waals surface area contributed by atoms with Crippen LogP contribution in [0.4, 0.5) is 5.95 Å². The van der Waals surface area contributed by atoms with Crippen molar-refractivity contribution in [3.8, 4) is 0 Å². The lowest BCUT2D eigenvalue weighted by atomic mass is 9.80. The third-order valence-electron chi connectivity index (χ3n) is 6.07. The fraction of sp³-hybridized carbons (Fsp3) is 0.632. The zero-order valence-electron chi connectivity index (χ0n) is 14.7. The molecule has 0 radical (unpaired) electrons. The topological polar surface area (TPSA) is 67.1 Å². The molecule has 0 aromatic carbocycles. The molecule has 4 heterocycles. The average molecular weight is 338 g/mol. The fourth-order valence-corrected chi connectivity index (χ4v) is 4.80. The van der Waals surface area contributed by atoms with Gasteiger partial charge in [0.2, 0.25) is 5.95 Å². The summed E-state index contributed by atoms with van der Waals surface area (Å²) in [5.41, 5.74) is 2.39. The van der Waals surface area contributed by atoms with Gasteiger partial charge in [-0.2, -0.15) is 4.98 Å². The van der Waals surface area contributed by atoms with Gasteiger partial charge in [-0.05, 0) is 38.3 Å². The van der Waals surface area contributed by atoms with Gasteiger partial charge in [0.1, 0.15) is 5.65 Å². The van der Waals surface area contributed by atoms with Crippen molar-refractivity contribution >= 4 is 23.2 Å². The summed E-state index contributed by atoms with van der Waals surface area (Å²) in [4.78, 5) is 14.2. The van der Waals surface area contributed by atoms with E-state index in [2.05, 4.69) is 31.2 Å². The fourth-order valence-electron chi connectivity index (χ4n) is 4.80. The number of aliphatic imine (C=N–C) groups is 1. The van der Waals surface area contributed by atoms with Crippen LogP contribution in [-0.4, -0.2) is 46.4 Å². The Kier molecular flexibility index (Phi) is 3.73. The Balaban J connectivity index is 1.54. The van der Waals surface area contributed by atoms with Gasteiger partial charge < -0.3 is 15.2 Å². The summed E-state index contributed by atoms with van der Waals surface area (Å²) < 4.78 is 2.47. The number of fused-ring (bicyclic) bond motifs is 4. The summed E-state index contributed by atoms with van der Waals surface area (Å²) >= 11 is 0. The first kappa shape index (κ1) is 15.3. The Morgan fingerprint density at radius 1 is 1.20 bits per heavy atom. The summed E-state index contributed by atoms with van der Waals surface area (Å²) in [5.74, 6) is 0.760. The van der Waals surface area contributed by atoms with E-state index in [4.69, 9.17) is 4.98 Å². The molecule has 132 valence electrons. The first-order valence-corrected chi connectivity index (χ1v) is 9.70. The van der Waals surface area contributed by atoms with Crippen LogP contribution in [0.5, 0.6) is 0 Å². The lowest BCUT2D eigenvalue weighted by Gasteiger charge is -2.40. The average Bonchev–Trinajstić information content (AvgIpc) is 3.03. The van der Waals surface area contributed by atoms with Gasteiger partial charge in [0.05, 0.1) is 17.8 Å². The number of nitrogens with one attached hydrogen (secondary N) is 2. The maximum Gasteiger partial charge on any atom is 0.224 e. The number of anilines is 1. The Bertz CT molecular complexity index is 796. The van der Waals surface area contributed by atoms with Crippen molar-refractivity contribution in [3.63, 3.8) is 0 Å². The molecule has 2 aromatic rings. The Labute approximate surface area is 148 Å². The molecule has 5 rings (SSSR count). The largest absolute Gasteiger partial charge is 0.350 e. The molecule has 3 aliphatic rings. The Morgan fingerprint density at radius 2 is 2.12 bits per heavy atom. The quantitative estimate of drug-likeness (QED) is 0.883. The molecule has 1 atom stereocenters. The maximum absolute atomic E-state index is 4.94. The first-order valence-electron chi connectivity index (χ1n) is 9.70. The molecular formula is C19H26N6. The highest BCUT2D eigenvalue weighted by atomic mass is 15.2. The molecule has 1 saturated carbocycles. The molecule has 1 saturated heterocycles. The van der Waals surface area contributed by atoms with Crippen molar-refractivity contribution in [2.24, 2.45) is 4.99 Å². The Hall–Kier alpha value is -1.95. The predicted octanol–water partition coefficient (Wildman–Crippen LogP) is 2.69. The summed E-state index contributed by atoms with van der Waals surface area (Å²) in [7, 11) is 0. The minimum absolute atomic E-state index is 0.127. The third-order valence-corrected chi connectivity index (χ3v) is 6.07. The second kappa shape index (κ2) is 6.09. The standard InChI is InChI=1S/C19H26N6/c1-2-6-19(7-3-1)13-21-12-16-9-14-10-22-18(24-17(14)25(16)19)23-15-5-4-8-20-11-15/h9-10,12,15,20H,1-8,11,13H2,(H,22,23,24)/t15-/m1/s1. The molecule has 2 aliphatic heterocycles. The molecule has 6 nitrogen and oxygen atoms in total. The third kappa shape index (κ3) is 2.63. The van der Waals surface area contributed by atoms with Gasteiger partial charge in [-0.3, -0.25) is 4.99 Å². The van der Waals surface area contributed by atoms with Crippen molar-refractivity contribution in [2.45, 2.75) is 56.5 Å². The predicted molar refractivity (Wildman–Crippen MR) is 101 cm³/mol. The molecule has 1 aliphatic carbocycles. The van der Waals surface area contributed by atoms with Crippen molar-refractivity contribution in [3.05, 3.63) is 18.0 Å². The van der Waals surface area contributed by atoms with Gasteiger partial charge >= 0.3 is 0 Å². The smallest absolute Gasteiger partial charge is 0.224 e. The van der Waals surface area contributed by atoms with E-state index in [0.29, 0.717) is 6.04 Å². The van der Waals surface area contributed by atoms with E-state index in [1.54, 1.807) is 0 Å². The number of nitrogens with zero attached hydrogens (tertiary/aromatic N) is 4. The van der Waals surface area contributed by atoms with E-state index in [1.807, 2.05) is 12.4 Å². The lowest BCUT2D eigenvalue weighted by molar-refractivity contribution is 0.204. The highest BCUT2D eigenvalue weighted by Crippen LogP contribution is 2.40. The SMILES string of the molecule is C1=NCC2(CCCCC2)n2c1cc1cnc(N[C@@H]3CCCNC3)nc12. The second-order valence-electron chi connectivity index (χ2n) is 7.82. The number of rotatable bonds is 2. The highest BCUT2D eigenvalue weighted by molar-refractivity contribution is 5.90. The molecule has 6 heteroatoms. The number of piperidine rings is 1. The van der Waals surface area contributed by atoms with Crippen LogP contribution in [0.15, 0.2) is 17.3 Å². The van der Waals surface area contributed by atoms with Gasteiger partial charge in [-0.25, -0.2) is 4.98 Å².